The molecular weight excluding hydrogens is 198 g/mol. The molecule has 0 aromatic carbocycles. The normalized spacial score (nSPS) is 10.7. The molecule has 0 aromatic rings. The fourth-order valence-electron chi connectivity index (χ4n) is 0.353. The zero-order chi connectivity index (χ0) is 7.33. The standard InChI is InChI=1S/C4H11O3PS.K/c1-3-6-8(5,9)7-4-2;/h3-4H2,1-2H3,(H,5,9);/q;+1/p-1. The van der Waals surface area contributed by atoms with Crippen molar-refractivity contribution in [2.45, 2.75) is 13.8 Å². The van der Waals surface area contributed by atoms with Crippen LogP contribution in [0.25, 0.3) is 0 Å². The number of hydrogen-bond donors (Lipinski definition) is 0. The maximum atomic E-state index is 10.8. The van der Waals surface area contributed by atoms with Gasteiger partial charge in [0.1, 0.15) is 0 Å². The van der Waals surface area contributed by atoms with Crippen LogP contribution in [0.2, 0.25) is 0 Å². The Morgan fingerprint density at radius 1 is 1.30 bits per heavy atom. The largest absolute Gasteiger partial charge is 1.00 e. The maximum absolute atomic E-state index is 10.8. The minimum atomic E-state index is -3.11. The van der Waals surface area contributed by atoms with Crippen LogP contribution < -0.4 is 51.4 Å². The molecule has 0 saturated heterocycles. The summed E-state index contributed by atoms with van der Waals surface area (Å²) in [6.45, 7) is 0.999. The Morgan fingerprint density at radius 2 is 1.60 bits per heavy atom. The molecule has 0 aromatic heterocycles. The first-order valence-electron chi connectivity index (χ1n) is 2.72. The second-order valence-corrected chi connectivity index (χ2v) is 4.04. The van der Waals surface area contributed by atoms with Gasteiger partial charge in [-0.05, 0) is 13.8 Å². The van der Waals surface area contributed by atoms with Gasteiger partial charge in [-0.3, -0.25) is 4.57 Å². The Kier molecular flexibility index (Phi) is 11.4. The van der Waals surface area contributed by atoms with Gasteiger partial charge in [-0.2, -0.15) is 0 Å². The summed E-state index contributed by atoms with van der Waals surface area (Å²) in [7, 11) is 0. The maximum Gasteiger partial charge on any atom is 1.00 e. The Labute approximate surface area is 109 Å². The van der Waals surface area contributed by atoms with E-state index in [0.717, 1.165) is 0 Å². The molecule has 0 amide bonds. The molecule has 6 heteroatoms. The van der Waals surface area contributed by atoms with E-state index in [1.165, 1.54) is 0 Å². The van der Waals surface area contributed by atoms with E-state index in [-0.39, 0.29) is 51.4 Å². The van der Waals surface area contributed by atoms with Crippen LogP contribution in [0.4, 0.5) is 0 Å². The Balaban J connectivity index is 0. The van der Waals surface area contributed by atoms with Crippen molar-refractivity contribution in [3.63, 3.8) is 0 Å². The van der Waals surface area contributed by atoms with Gasteiger partial charge < -0.3 is 21.3 Å². The van der Waals surface area contributed by atoms with E-state index in [1.54, 1.807) is 13.8 Å². The van der Waals surface area contributed by atoms with E-state index in [9.17, 15) is 4.57 Å². The smallest absolute Gasteiger partial charge is 0.660 e. The van der Waals surface area contributed by atoms with Gasteiger partial charge in [0.05, 0.1) is 13.2 Å². The summed E-state index contributed by atoms with van der Waals surface area (Å²) >= 11 is 4.45. The van der Waals surface area contributed by atoms with Crippen molar-refractivity contribution in [2.75, 3.05) is 13.2 Å². The van der Waals surface area contributed by atoms with Crippen LogP contribution in [0.1, 0.15) is 13.8 Å². The van der Waals surface area contributed by atoms with Gasteiger partial charge in [0.15, 0.2) is 6.80 Å². The van der Waals surface area contributed by atoms with Crippen molar-refractivity contribution in [2.24, 2.45) is 0 Å². The van der Waals surface area contributed by atoms with E-state index in [4.69, 9.17) is 0 Å². The van der Waals surface area contributed by atoms with Gasteiger partial charge in [-0.25, -0.2) is 0 Å². The molecule has 0 saturated carbocycles. The third kappa shape index (κ3) is 8.24. The molecule has 0 unspecified atom stereocenters. The second kappa shape index (κ2) is 7.77. The van der Waals surface area contributed by atoms with E-state index >= 15 is 0 Å². The summed E-state index contributed by atoms with van der Waals surface area (Å²) < 4.78 is 20.0. The fraction of sp³-hybridized carbons (Fsp3) is 1.00. The van der Waals surface area contributed by atoms with Crippen molar-refractivity contribution in [1.82, 2.24) is 0 Å². The molecule has 0 aliphatic carbocycles. The van der Waals surface area contributed by atoms with Gasteiger partial charge in [-0.1, -0.05) is 0 Å². The Morgan fingerprint density at radius 3 is 1.80 bits per heavy atom. The molecule has 0 aliphatic heterocycles. The molecule has 0 bridgehead atoms. The molecule has 56 valence electrons. The third-order valence-corrected chi connectivity index (χ3v) is 2.36. The quantitative estimate of drug-likeness (QED) is 0.327. The minimum absolute atomic E-state index is 0. The Hall–Kier alpha value is 2.14. The van der Waals surface area contributed by atoms with Crippen LogP contribution in [-0.4, -0.2) is 13.2 Å². The van der Waals surface area contributed by atoms with Gasteiger partial charge in [0.2, 0.25) is 0 Å². The first-order valence-corrected chi connectivity index (χ1v) is 5.28. The molecule has 10 heavy (non-hydrogen) atoms. The molecule has 0 radical (unpaired) electrons. The molecule has 0 N–H and O–H groups in total. The third-order valence-electron chi connectivity index (χ3n) is 0.574. The summed E-state index contributed by atoms with van der Waals surface area (Å²) in [5.41, 5.74) is 0. The van der Waals surface area contributed by atoms with Crippen molar-refractivity contribution in [3.05, 3.63) is 0 Å². The zero-order valence-corrected chi connectivity index (χ0v) is 11.3. The summed E-state index contributed by atoms with van der Waals surface area (Å²) in [5, 5.41) is 0. The summed E-state index contributed by atoms with van der Waals surface area (Å²) in [6.07, 6.45) is 0. The molecule has 0 heterocycles. The summed E-state index contributed by atoms with van der Waals surface area (Å²) in [6, 6.07) is 0. The van der Waals surface area contributed by atoms with Crippen LogP contribution >= 0.6 is 6.80 Å². The SMILES string of the molecule is CCOP(=O)([S-])OCC.[K+]. The number of hydrogen-bond acceptors (Lipinski definition) is 4. The van der Waals surface area contributed by atoms with E-state index in [0.29, 0.717) is 13.2 Å². The van der Waals surface area contributed by atoms with E-state index in [1.807, 2.05) is 0 Å². The van der Waals surface area contributed by atoms with E-state index in [2.05, 4.69) is 21.3 Å². The molecule has 0 rings (SSSR count). The zero-order valence-electron chi connectivity index (χ0n) is 6.49. The van der Waals surface area contributed by atoms with Crippen LogP contribution in [-0.2, 0) is 25.9 Å². The Bertz CT molecular complexity index is 111. The monoisotopic (exact) mass is 208 g/mol. The first kappa shape index (κ1) is 14.6. The second-order valence-electron chi connectivity index (χ2n) is 1.28. The first-order chi connectivity index (χ1) is 4.12. The predicted molar refractivity (Wildman–Crippen MR) is 38.2 cm³/mol. The molecule has 0 atom stereocenters. The van der Waals surface area contributed by atoms with Crippen LogP contribution in [0.5, 0.6) is 0 Å². The van der Waals surface area contributed by atoms with Gasteiger partial charge >= 0.3 is 51.4 Å². The summed E-state index contributed by atoms with van der Waals surface area (Å²) in [5.74, 6) is 0. The minimum Gasteiger partial charge on any atom is -0.660 e. The molecule has 0 aliphatic rings. The number of rotatable bonds is 4. The molecular formula is C4H10KO3PS. The average Bonchev–Trinajstić information content (AvgIpc) is 1.64. The van der Waals surface area contributed by atoms with Crippen molar-refractivity contribution < 1.29 is 65.0 Å². The van der Waals surface area contributed by atoms with Crippen LogP contribution in [0, 0.1) is 0 Å². The van der Waals surface area contributed by atoms with Crippen molar-refractivity contribution in [1.29, 1.82) is 0 Å². The predicted octanol–water partition coefficient (Wildman–Crippen LogP) is -1.28. The topological polar surface area (TPSA) is 35.5 Å². The summed E-state index contributed by atoms with van der Waals surface area (Å²) in [4.78, 5) is 0. The van der Waals surface area contributed by atoms with Crippen LogP contribution in [0.15, 0.2) is 0 Å². The fourth-order valence-corrected chi connectivity index (χ4v) is 1.69. The van der Waals surface area contributed by atoms with Crippen molar-refractivity contribution in [3.8, 4) is 0 Å². The molecule has 0 spiro atoms. The van der Waals surface area contributed by atoms with Crippen LogP contribution in [0.3, 0.4) is 0 Å². The van der Waals surface area contributed by atoms with Gasteiger partial charge in [0, 0.05) is 0 Å². The van der Waals surface area contributed by atoms with Gasteiger partial charge in [0.25, 0.3) is 0 Å². The van der Waals surface area contributed by atoms with E-state index < -0.39 is 6.80 Å². The molecule has 0 fully saturated rings. The van der Waals surface area contributed by atoms with Gasteiger partial charge in [-0.15, -0.1) is 0 Å². The average molecular weight is 208 g/mol. The molecule has 3 nitrogen and oxygen atoms in total. The van der Waals surface area contributed by atoms with Crippen molar-refractivity contribution >= 4 is 19.0 Å².